The molecule has 84 valence electrons. The molecule has 0 aliphatic rings. The molecule has 0 unspecified atom stereocenters. The van der Waals surface area contributed by atoms with E-state index in [9.17, 15) is 25.0 Å². The zero-order valence-electron chi connectivity index (χ0n) is 7.35. The van der Waals surface area contributed by atoms with Crippen LogP contribution in [0.25, 0.3) is 0 Å². The number of hydrogen-bond donors (Lipinski definition) is 0. The number of nitrogens with zero attached hydrogens (tertiary/aromatic N) is 2. The highest BCUT2D eigenvalue weighted by Crippen LogP contribution is 2.33. The summed E-state index contributed by atoms with van der Waals surface area (Å²) in [5.41, 5.74) is -1.57. The minimum absolute atomic E-state index is 0.317. The highest BCUT2D eigenvalue weighted by molar-refractivity contribution is 9.18. The van der Waals surface area contributed by atoms with E-state index in [-0.39, 0.29) is 5.56 Å². The topological polar surface area (TPSA) is 103 Å². The first kappa shape index (κ1) is 12.5. The van der Waals surface area contributed by atoms with Gasteiger partial charge in [-0.2, -0.15) is 0 Å². The summed E-state index contributed by atoms with van der Waals surface area (Å²) in [5, 5.41) is 20.6. The van der Waals surface area contributed by atoms with Crippen LogP contribution in [-0.2, 0) is 0 Å². The Hall–Kier alpha value is -1.54. The van der Waals surface area contributed by atoms with Gasteiger partial charge in [-0.25, -0.2) is 0 Å². The van der Waals surface area contributed by atoms with E-state index in [4.69, 9.17) is 11.6 Å². The van der Waals surface area contributed by atoms with Gasteiger partial charge in [0.25, 0.3) is 11.4 Å². The number of rotatable bonds is 3. The van der Waals surface area contributed by atoms with Crippen LogP contribution < -0.4 is 0 Å². The molecular formula is C7H2BrClN2O5. The minimum Gasteiger partial charge on any atom is -0.281 e. The van der Waals surface area contributed by atoms with Crippen molar-refractivity contribution in [3.8, 4) is 0 Å². The lowest BCUT2D eigenvalue weighted by Gasteiger charge is -2.00. The molecule has 0 aromatic heterocycles. The molecule has 0 amide bonds. The number of halogens is 2. The molecule has 16 heavy (non-hydrogen) atoms. The van der Waals surface area contributed by atoms with E-state index in [0.29, 0.717) is 6.07 Å². The van der Waals surface area contributed by atoms with Crippen LogP contribution in [-0.4, -0.2) is 14.5 Å². The lowest BCUT2D eigenvalue weighted by atomic mass is 10.2. The average molecular weight is 309 g/mol. The molecule has 0 saturated carbocycles. The van der Waals surface area contributed by atoms with Gasteiger partial charge in [0, 0.05) is 6.07 Å². The summed E-state index contributed by atoms with van der Waals surface area (Å²) in [6.45, 7) is 0. The van der Waals surface area contributed by atoms with Crippen molar-refractivity contribution in [3.63, 3.8) is 0 Å². The molecule has 0 saturated heterocycles. The second-order valence-electron chi connectivity index (χ2n) is 2.61. The second-order valence-corrected chi connectivity index (χ2v) is 3.71. The number of carbonyl (C=O) groups excluding carboxylic acids is 1. The van der Waals surface area contributed by atoms with Gasteiger partial charge in [0.15, 0.2) is 0 Å². The van der Waals surface area contributed by atoms with E-state index < -0.39 is 30.9 Å². The maximum atomic E-state index is 11.0. The van der Waals surface area contributed by atoms with E-state index in [2.05, 4.69) is 15.9 Å². The smallest absolute Gasteiger partial charge is 0.281 e. The van der Waals surface area contributed by atoms with Crippen molar-refractivity contribution in [1.82, 2.24) is 0 Å². The van der Waals surface area contributed by atoms with Crippen LogP contribution in [0.15, 0.2) is 12.1 Å². The molecular weight excluding hydrogens is 307 g/mol. The summed E-state index contributed by atoms with van der Waals surface area (Å²) in [6.07, 6.45) is 0. The predicted octanol–water partition coefficient (Wildman–Crippen LogP) is 2.69. The van der Waals surface area contributed by atoms with Gasteiger partial charge in [0.1, 0.15) is 5.02 Å². The van der Waals surface area contributed by atoms with E-state index in [1.54, 1.807) is 0 Å². The highest BCUT2D eigenvalue weighted by Gasteiger charge is 2.25. The predicted molar refractivity (Wildman–Crippen MR) is 58.0 cm³/mol. The van der Waals surface area contributed by atoms with Crippen molar-refractivity contribution in [2.75, 3.05) is 0 Å². The molecule has 9 heteroatoms. The Balaban J connectivity index is 3.57. The zero-order valence-corrected chi connectivity index (χ0v) is 9.69. The number of carbonyl (C=O) groups is 1. The van der Waals surface area contributed by atoms with E-state index in [1.165, 1.54) is 0 Å². The fourth-order valence-corrected chi connectivity index (χ4v) is 1.67. The third kappa shape index (κ3) is 2.34. The first-order valence-corrected chi connectivity index (χ1v) is 4.84. The third-order valence-corrected chi connectivity index (χ3v) is 2.48. The average Bonchev–Trinajstić information content (AvgIpc) is 2.16. The maximum Gasteiger partial charge on any atom is 0.295 e. The van der Waals surface area contributed by atoms with Gasteiger partial charge >= 0.3 is 0 Å². The first-order chi connectivity index (χ1) is 7.34. The largest absolute Gasteiger partial charge is 0.295 e. The van der Waals surface area contributed by atoms with Crippen LogP contribution in [0.4, 0.5) is 11.4 Å². The number of benzene rings is 1. The van der Waals surface area contributed by atoms with Crippen LogP contribution in [0.1, 0.15) is 10.4 Å². The van der Waals surface area contributed by atoms with Gasteiger partial charge in [-0.05, 0) is 15.9 Å². The fraction of sp³-hybridized carbons (Fsp3) is 0. The monoisotopic (exact) mass is 308 g/mol. The lowest BCUT2D eigenvalue weighted by molar-refractivity contribution is -0.394. The fourth-order valence-electron chi connectivity index (χ4n) is 0.976. The molecule has 1 rings (SSSR count). The molecule has 7 nitrogen and oxygen atoms in total. The van der Waals surface area contributed by atoms with Crippen molar-refractivity contribution in [1.29, 1.82) is 0 Å². The van der Waals surface area contributed by atoms with Gasteiger partial charge in [0.2, 0.25) is 4.69 Å². The molecule has 1 aromatic carbocycles. The number of nitro groups is 2. The Labute approximate surface area is 101 Å². The Morgan fingerprint density at radius 3 is 2.19 bits per heavy atom. The molecule has 0 radical (unpaired) electrons. The van der Waals surface area contributed by atoms with Crippen LogP contribution in [0, 0.1) is 20.2 Å². The van der Waals surface area contributed by atoms with E-state index in [0.717, 1.165) is 6.07 Å². The van der Waals surface area contributed by atoms with Crippen molar-refractivity contribution in [2.24, 2.45) is 0 Å². The maximum absolute atomic E-state index is 11.0. The van der Waals surface area contributed by atoms with Crippen LogP contribution in [0.2, 0.25) is 5.02 Å². The van der Waals surface area contributed by atoms with Crippen LogP contribution >= 0.6 is 27.5 Å². The van der Waals surface area contributed by atoms with Gasteiger partial charge in [-0.1, -0.05) is 11.6 Å². The molecule has 1 aromatic rings. The van der Waals surface area contributed by atoms with Crippen LogP contribution in [0.3, 0.4) is 0 Å². The molecule has 0 spiro atoms. The molecule has 0 heterocycles. The summed E-state index contributed by atoms with van der Waals surface area (Å²) >= 11 is 8.09. The summed E-state index contributed by atoms with van der Waals surface area (Å²) in [4.78, 5) is 30.3. The number of hydrogen-bond acceptors (Lipinski definition) is 5. The van der Waals surface area contributed by atoms with Crippen molar-refractivity contribution in [3.05, 3.63) is 42.9 Å². The molecule has 0 bridgehead atoms. The van der Waals surface area contributed by atoms with Gasteiger partial charge in [-0.15, -0.1) is 0 Å². The van der Waals surface area contributed by atoms with Crippen molar-refractivity contribution >= 4 is 43.6 Å². The Bertz CT molecular complexity index is 469. The Kier molecular flexibility index (Phi) is 3.55. The van der Waals surface area contributed by atoms with E-state index >= 15 is 0 Å². The quantitative estimate of drug-likeness (QED) is 0.485. The minimum atomic E-state index is -0.894. The molecule has 0 atom stereocenters. The Morgan fingerprint density at radius 2 is 1.81 bits per heavy atom. The van der Waals surface area contributed by atoms with E-state index in [1.807, 2.05) is 0 Å². The normalized spacial score (nSPS) is 9.88. The van der Waals surface area contributed by atoms with Crippen molar-refractivity contribution in [2.45, 2.75) is 0 Å². The van der Waals surface area contributed by atoms with Gasteiger partial charge in [0.05, 0.1) is 21.5 Å². The summed E-state index contributed by atoms with van der Waals surface area (Å²) in [5.74, 6) is 0. The molecule has 0 fully saturated rings. The number of non-ortho nitro benzene ring substituents is 1. The molecule has 0 aliphatic carbocycles. The molecule has 0 N–H and O–H groups in total. The summed E-state index contributed by atoms with van der Waals surface area (Å²) in [7, 11) is 0. The highest BCUT2D eigenvalue weighted by atomic mass is 79.9. The lowest BCUT2D eigenvalue weighted by Crippen LogP contribution is -1.99. The standard InChI is InChI=1S/C7H2BrClN2O5/c8-7(12)4-1-3(10(13)14)2-5(6(4)9)11(15)16/h1-2H. The summed E-state index contributed by atoms with van der Waals surface area (Å²) in [6, 6.07) is 1.56. The second kappa shape index (κ2) is 4.54. The Morgan fingerprint density at radius 1 is 1.25 bits per heavy atom. The van der Waals surface area contributed by atoms with Gasteiger partial charge < -0.3 is 0 Å². The molecule has 0 aliphatic heterocycles. The van der Waals surface area contributed by atoms with Crippen LogP contribution in [0.5, 0.6) is 0 Å². The number of nitro benzene ring substituents is 2. The first-order valence-electron chi connectivity index (χ1n) is 3.66. The third-order valence-electron chi connectivity index (χ3n) is 1.66. The zero-order chi connectivity index (χ0) is 12.5. The van der Waals surface area contributed by atoms with Gasteiger partial charge in [-0.3, -0.25) is 25.0 Å². The SMILES string of the molecule is O=C(Br)c1cc([N+](=O)[O-])cc([N+](=O)[O-])c1Cl. The van der Waals surface area contributed by atoms with Crippen molar-refractivity contribution < 1.29 is 14.6 Å². The summed E-state index contributed by atoms with van der Waals surface area (Å²) < 4.78 is -0.760.